The van der Waals surface area contributed by atoms with Crippen molar-refractivity contribution in [2.75, 3.05) is 27.2 Å². The van der Waals surface area contributed by atoms with Crippen molar-refractivity contribution in [1.82, 2.24) is 10.2 Å². The summed E-state index contributed by atoms with van der Waals surface area (Å²) in [5, 5.41) is 2.19. The molecular weight excluding hydrogens is 351 g/mol. The summed E-state index contributed by atoms with van der Waals surface area (Å²) in [6, 6.07) is 0. The van der Waals surface area contributed by atoms with E-state index in [9.17, 15) is 17.8 Å². The van der Waals surface area contributed by atoms with Crippen molar-refractivity contribution < 1.29 is 47.3 Å². The van der Waals surface area contributed by atoms with Crippen LogP contribution in [0.2, 0.25) is 0 Å². The second-order valence-electron chi connectivity index (χ2n) is 6.72. The van der Waals surface area contributed by atoms with Gasteiger partial charge in [-0.15, -0.1) is 0 Å². The number of hydrogen-bond donors (Lipinski definition) is 1. The maximum atomic E-state index is 11.6. The number of rotatable bonds is 15. The molecular formula is C17H35N2NaO4S. The fourth-order valence-electron chi connectivity index (χ4n) is 2.65. The summed E-state index contributed by atoms with van der Waals surface area (Å²) in [6.45, 7) is 3.58. The van der Waals surface area contributed by atoms with Crippen LogP contribution in [0.3, 0.4) is 0 Å². The van der Waals surface area contributed by atoms with E-state index in [1.807, 2.05) is 21.0 Å². The zero-order valence-electron chi connectivity index (χ0n) is 16.6. The van der Waals surface area contributed by atoms with Gasteiger partial charge in [-0.3, -0.25) is 4.79 Å². The monoisotopic (exact) mass is 386 g/mol. The van der Waals surface area contributed by atoms with Gasteiger partial charge in [0.1, 0.15) is 0 Å². The summed E-state index contributed by atoms with van der Waals surface area (Å²) in [7, 11) is -0.133. The minimum atomic E-state index is -4.16. The van der Waals surface area contributed by atoms with Gasteiger partial charge in [-0.2, -0.15) is 0 Å². The Kier molecular flexibility index (Phi) is 18.2. The number of carbonyl (C=O) groups is 1. The van der Waals surface area contributed by atoms with Crippen molar-refractivity contribution in [3.8, 4) is 0 Å². The average molecular weight is 387 g/mol. The summed E-state index contributed by atoms with van der Waals surface area (Å²) < 4.78 is 33.3. The van der Waals surface area contributed by atoms with E-state index in [-0.39, 0.29) is 35.5 Å². The Morgan fingerprint density at radius 1 is 1.04 bits per heavy atom. The van der Waals surface area contributed by atoms with Crippen LogP contribution < -0.4 is 34.9 Å². The maximum Gasteiger partial charge on any atom is 1.00 e. The van der Waals surface area contributed by atoms with Crippen molar-refractivity contribution in [2.45, 2.75) is 76.4 Å². The van der Waals surface area contributed by atoms with Gasteiger partial charge < -0.3 is 14.8 Å². The van der Waals surface area contributed by atoms with E-state index < -0.39 is 15.4 Å². The molecule has 0 saturated carbocycles. The smallest absolute Gasteiger partial charge is 0.748 e. The third-order valence-electron chi connectivity index (χ3n) is 4.05. The van der Waals surface area contributed by atoms with Crippen molar-refractivity contribution in [3.63, 3.8) is 0 Å². The standard InChI is InChI=1S/C17H36N2O4S.Na/c1-4-11-16(24(21,22)23)12-8-6-5-7-9-13-17(20)18-14-10-15-19(2)3;/h16H,4-15H2,1-3H3,(H,18,20)(H,21,22,23);/q;+1/p-1. The van der Waals surface area contributed by atoms with Gasteiger partial charge in [-0.1, -0.05) is 39.0 Å². The minimum Gasteiger partial charge on any atom is -0.748 e. The van der Waals surface area contributed by atoms with Crippen molar-refractivity contribution >= 4 is 16.0 Å². The molecule has 0 bridgehead atoms. The van der Waals surface area contributed by atoms with Crippen molar-refractivity contribution in [2.24, 2.45) is 0 Å². The van der Waals surface area contributed by atoms with Gasteiger partial charge in [0, 0.05) is 18.2 Å². The zero-order valence-corrected chi connectivity index (χ0v) is 19.4. The summed E-state index contributed by atoms with van der Waals surface area (Å²) in [6.07, 6.45) is 7.64. The first kappa shape index (κ1) is 27.6. The number of hydrogen-bond acceptors (Lipinski definition) is 5. The quantitative estimate of drug-likeness (QED) is 0.233. The topological polar surface area (TPSA) is 89.5 Å². The molecule has 0 aromatic heterocycles. The maximum absolute atomic E-state index is 11.6. The minimum absolute atomic E-state index is 0. The third kappa shape index (κ3) is 17.5. The van der Waals surface area contributed by atoms with Crippen LogP contribution in [0.15, 0.2) is 0 Å². The number of unbranched alkanes of at least 4 members (excludes halogenated alkanes) is 4. The first-order valence-electron chi connectivity index (χ1n) is 9.13. The Balaban J connectivity index is 0. The van der Waals surface area contributed by atoms with Crippen molar-refractivity contribution in [3.05, 3.63) is 0 Å². The molecule has 6 nitrogen and oxygen atoms in total. The normalized spacial score (nSPS) is 12.7. The molecule has 0 rings (SSSR count). The van der Waals surface area contributed by atoms with E-state index in [2.05, 4.69) is 10.2 Å². The Hall–Kier alpha value is 0.340. The second kappa shape index (κ2) is 16.5. The Labute approximate surface area is 176 Å². The van der Waals surface area contributed by atoms with E-state index in [1.54, 1.807) is 0 Å². The van der Waals surface area contributed by atoms with Gasteiger partial charge in [0.2, 0.25) is 5.91 Å². The number of carbonyl (C=O) groups excluding carboxylic acids is 1. The molecule has 0 fully saturated rings. The molecule has 0 aliphatic heterocycles. The molecule has 1 amide bonds. The first-order chi connectivity index (χ1) is 11.3. The van der Waals surface area contributed by atoms with Crippen LogP contribution in [0.25, 0.3) is 0 Å². The van der Waals surface area contributed by atoms with E-state index in [4.69, 9.17) is 0 Å². The molecule has 0 aromatic rings. The van der Waals surface area contributed by atoms with Gasteiger partial charge >= 0.3 is 29.6 Å². The van der Waals surface area contributed by atoms with Crippen LogP contribution in [-0.2, 0) is 14.9 Å². The largest absolute Gasteiger partial charge is 1.00 e. The van der Waals surface area contributed by atoms with Gasteiger partial charge in [0.15, 0.2) is 0 Å². The average Bonchev–Trinajstić information content (AvgIpc) is 2.48. The molecule has 1 N–H and O–H groups in total. The molecule has 0 aliphatic rings. The summed E-state index contributed by atoms with van der Waals surface area (Å²) in [5.74, 6) is 0.106. The molecule has 0 aliphatic carbocycles. The van der Waals surface area contributed by atoms with Gasteiger partial charge in [0.25, 0.3) is 0 Å². The molecule has 0 spiro atoms. The van der Waals surface area contributed by atoms with Gasteiger partial charge in [-0.25, -0.2) is 8.42 Å². The summed E-state index contributed by atoms with van der Waals surface area (Å²) >= 11 is 0. The Morgan fingerprint density at radius 2 is 1.64 bits per heavy atom. The summed E-state index contributed by atoms with van der Waals surface area (Å²) in [4.78, 5) is 13.7. The predicted molar refractivity (Wildman–Crippen MR) is 96.9 cm³/mol. The molecule has 0 radical (unpaired) electrons. The van der Waals surface area contributed by atoms with Crippen LogP contribution in [0.4, 0.5) is 0 Å². The van der Waals surface area contributed by atoms with E-state index in [0.717, 1.165) is 58.0 Å². The van der Waals surface area contributed by atoms with Gasteiger partial charge in [-0.05, 0) is 46.3 Å². The second-order valence-corrected chi connectivity index (χ2v) is 8.37. The van der Waals surface area contributed by atoms with E-state index in [0.29, 0.717) is 19.3 Å². The van der Waals surface area contributed by atoms with Crippen LogP contribution >= 0.6 is 0 Å². The van der Waals surface area contributed by atoms with Crippen LogP contribution in [0, 0.1) is 0 Å². The number of nitrogens with zero attached hydrogens (tertiary/aromatic N) is 1. The van der Waals surface area contributed by atoms with E-state index in [1.165, 1.54) is 0 Å². The predicted octanol–water partition coefficient (Wildman–Crippen LogP) is -0.497. The fraction of sp³-hybridized carbons (Fsp3) is 0.941. The first-order valence-corrected chi connectivity index (χ1v) is 10.6. The SMILES string of the molecule is CCCC(CCCCCCCC(=O)NCCCN(C)C)S(=O)(=O)[O-].[Na+]. The van der Waals surface area contributed by atoms with Crippen LogP contribution in [0.1, 0.15) is 71.1 Å². The molecule has 0 saturated heterocycles. The molecule has 8 heteroatoms. The summed E-state index contributed by atoms with van der Waals surface area (Å²) in [5.41, 5.74) is 0. The molecule has 0 heterocycles. The van der Waals surface area contributed by atoms with Gasteiger partial charge in [0.05, 0.1) is 10.1 Å². The molecule has 1 atom stereocenters. The third-order valence-corrected chi connectivity index (χ3v) is 5.34. The Bertz CT molecular complexity index is 430. The van der Waals surface area contributed by atoms with Crippen molar-refractivity contribution in [1.29, 1.82) is 0 Å². The Morgan fingerprint density at radius 3 is 2.20 bits per heavy atom. The number of amides is 1. The fourth-order valence-corrected chi connectivity index (χ4v) is 3.63. The molecule has 25 heavy (non-hydrogen) atoms. The molecule has 0 aromatic carbocycles. The van der Waals surface area contributed by atoms with Crippen LogP contribution in [-0.4, -0.2) is 56.2 Å². The van der Waals surface area contributed by atoms with E-state index >= 15 is 0 Å². The molecule has 144 valence electrons. The zero-order chi connectivity index (χ0) is 18.4. The molecule has 1 unspecified atom stereocenters. The van der Waals surface area contributed by atoms with Crippen LogP contribution in [0.5, 0.6) is 0 Å². The number of nitrogens with one attached hydrogen (secondary N) is 1.